The quantitative estimate of drug-likeness (QED) is 0.268. The summed E-state index contributed by atoms with van der Waals surface area (Å²) in [4.78, 5) is 31.0. The second kappa shape index (κ2) is 8.12. The van der Waals surface area contributed by atoms with E-state index in [-0.39, 0.29) is 13.2 Å². The van der Waals surface area contributed by atoms with Gasteiger partial charge in [0, 0.05) is 0 Å². The van der Waals surface area contributed by atoms with E-state index in [4.69, 9.17) is 29.8 Å². The third kappa shape index (κ3) is 24.9. The van der Waals surface area contributed by atoms with Crippen molar-refractivity contribution in [1.29, 1.82) is 0 Å². The van der Waals surface area contributed by atoms with E-state index in [0.29, 0.717) is 0 Å². The van der Waals surface area contributed by atoms with Gasteiger partial charge in [0.25, 0.3) is 0 Å². The SMILES string of the molecule is O=P(O)(O)OP(=O)(O)O.OCC=CCO. The van der Waals surface area contributed by atoms with Crippen LogP contribution in [-0.4, -0.2) is 43.0 Å². The van der Waals surface area contributed by atoms with Gasteiger partial charge in [0.05, 0.1) is 13.2 Å². The zero-order chi connectivity index (χ0) is 12.5. The Labute approximate surface area is 85.1 Å². The molecule has 0 bridgehead atoms. The lowest BCUT2D eigenvalue weighted by molar-refractivity contribution is 0.225. The van der Waals surface area contributed by atoms with E-state index >= 15 is 0 Å². The first-order chi connectivity index (χ1) is 6.62. The first kappa shape index (κ1) is 17.3. The van der Waals surface area contributed by atoms with Gasteiger partial charge in [0.2, 0.25) is 0 Å². The number of hydrogen-bond acceptors (Lipinski definition) is 5. The van der Waals surface area contributed by atoms with E-state index in [1.54, 1.807) is 0 Å². The second-order valence-corrected chi connectivity index (χ2v) is 4.51. The monoisotopic (exact) mass is 266 g/mol. The van der Waals surface area contributed by atoms with Crippen LogP contribution < -0.4 is 0 Å². The van der Waals surface area contributed by atoms with Gasteiger partial charge in [-0.05, 0) is 0 Å². The molecule has 0 saturated carbocycles. The molecule has 0 atom stereocenters. The number of aliphatic hydroxyl groups is 2. The number of aliphatic hydroxyl groups excluding tert-OH is 2. The van der Waals surface area contributed by atoms with Gasteiger partial charge in [-0.25, -0.2) is 9.13 Å². The normalized spacial score (nSPS) is 12.4. The highest BCUT2D eigenvalue weighted by atomic mass is 31.3. The molecule has 0 aromatic carbocycles. The minimum atomic E-state index is -5.05. The topological polar surface area (TPSA) is 165 Å². The number of phosphoric acid groups is 2. The molecule has 0 aromatic rings. The van der Waals surface area contributed by atoms with Crippen molar-refractivity contribution in [2.75, 3.05) is 13.2 Å². The second-order valence-electron chi connectivity index (χ2n) is 1.90. The summed E-state index contributed by atoms with van der Waals surface area (Å²) < 4.78 is 22.2. The smallest absolute Gasteiger partial charge is 0.392 e. The average Bonchev–Trinajstić information content (AvgIpc) is 1.94. The summed E-state index contributed by atoms with van der Waals surface area (Å²) in [6, 6.07) is 0. The molecular formula is C4H12O9P2. The van der Waals surface area contributed by atoms with Crippen LogP contribution in [0.15, 0.2) is 12.2 Å². The van der Waals surface area contributed by atoms with Crippen molar-refractivity contribution < 1.29 is 43.2 Å². The molecule has 0 aliphatic carbocycles. The lowest BCUT2D eigenvalue weighted by Gasteiger charge is -2.03. The van der Waals surface area contributed by atoms with Crippen LogP contribution in [0.25, 0.3) is 0 Å². The molecule has 0 aliphatic heterocycles. The standard InChI is InChI=1S/C4H8O2.H4O7P2/c5-3-1-2-4-6;1-8(2,3)7-9(4,5)6/h1-2,5-6H,3-4H2;(H2,1,2,3)(H2,4,5,6). The van der Waals surface area contributed by atoms with Crippen molar-refractivity contribution in [1.82, 2.24) is 0 Å². The maximum absolute atomic E-state index is 9.63. The Kier molecular flexibility index (Phi) is 9.37. The van der Waals surface area contributed by atoms with Crippen LogP contribution in [-0.2, 0) is 13.4 Å². The third-order valence-corrected chi connectivity index (χ3v) is 2.29. The van der Waals surface area contributed by atoms with E-state index < -0.39 is 15.6 Å². The van der Waals surface area contributed by atoms with Crippen LogP contribution in [0.3, 0.4) is 0 Å². The Morgan fingerprint density at radius 2 is 1.13 bits per heavy atom. The summed E-state index contributed by atoms with van der Waals surface area (Å²) in [6.07, 6.45) is 2.97. The highest BCUT2D eigenvalue weighted by Crippen LogP contribution is 2.53. The Balaban J connectivity index is 0. The zero-order valence-corrected chi connectivity index (χ0v) is 9.16. The Morgan fingerprint density at radius 1 is 0.867 bits per heavy atom. The predicted molar refractivity (Wildman–Crippen MR) is 48.5 cm³/mol. The molecule has 6 N–H and O–H groups in total. The summed E-state index contributed by atoms with van der Waals surface area (Å²) in [7, 11) is -10.1. The number of rotatable bonds is 4. The van der Waals surface area contributed by atoms with E-state index in [1.807, 2.05) is 0 Å². The van der Waals surface area contributed by atoms with Gasteiger partial charge >= 0.3 is 15.6 Å². The summed E-state index contributed by atoms with van der Waals surface area (Å²) in [5.41, 5.74) is 0. The molecule has 0 radical (unpaired) electrons. The van der Waals surface area contributed by atoms with E-state index in [9.17, 15) is 9.13 Å². The third-order valence-electron chi connectivity index (χ3n) is 0.590. The van der Waals surface area contributed by atoms with E-state index in [2.05, 4.69) is 4.31 Å². The highest BCUT2D eigenvalue weighted by molar-refractivity contribution is 7.60. The van der Waals surface area contributed by atoms with Crippen LogP contribution in [0, 0.1) is 0 Å². The van der Waals surface area contributed by atoms with Crippen LogP contribution in [0.1, 0.15) is 0 Å². The summed E-state index contributed by atoms with van der Waals surface area (Å²) in [5.74, 6) is 0. The first-order valence-corrected chi connectivity index (χ1v) is 6.37. The summed E-state index contributed by atoms with van der Waals surface area (Å²) in [6.45, 7) is 0.0289. The van der Waals surface area contributed by atoms with Crippen molar-refractivity contribution in [2.45, 2.75) is 0 Å². The van der Waals surface area contributed by atoms with Gasteiger partial charge in [-0.15, -0.1) is 0 Å². The average molecular weight is 266 g/mol. The molecule has 9 nitrogen and oxygen atoms in total. The van der Waals surface area contributed by atoms with Gasteiger partial charge in [-0.3, -0.25) is 0 Å². The fraction of sp³-hybridized carbons (Fsp3) is 0.500. The van der Waals surface area contributed by atoms with Crippen LogP contribution in [0.4, 0.5) is 0 Å². The number of hydrogen-bond donors (Lipinski definition) is 6. The van der Waals surface area contributed by atoms with Crippen LogP contribution >= 0.6 is 15.6 Å². The minimum absolute atomic E-state index is 0.0144. The van der Waals surface area contributed by atoms with Crippen LogP contribution in [0.2, 0.25) is 0 Å². The maximum atomic E-state index is 9.63. The van der Waals surface area contributed by atoms with Gasteiger partial charge in [-0.1, -0.05) is 12.2 Å². The molecule has 0 aliphatic rings. The Hall–Kier alpha value is -0.0800. The molecular weight excluding hydrogens is 254 g/mol. The highest BCUT2D eigenvalue weighted by Gasteiger charge is 2.27. The molecule has 15 heavy (non-hydrogen) atoms. The molecule has 92 valence electrons. The Morgan fingerprint density at radius 3 is 1.20 bits per heavy atom. The van der Waals surface area contributed by atoms with Gasteiger partial charge in [-0.2, -0.15) is 4.31 Å². The fourth-order valence-corrected chi connectivity index (χ4v) is 1.40. The lowest BCUT2D eigenvalue weighted by Crippen LogP contribution is -1.84. The molecule has 0 spiro atoms. The largest absolute Gasteiger partial charge is 0.478 e. The maximum Gasteiger partial charge on any atom is 0.478 e. The van der Waals surface area contributed by atoms with Crippen molar-refractivity contribution in [3.8, 4) is 0 Å². The lowest BCUT2D eigenvalue weighted by atomic mass is 10.5. The summed E-state index contributed by atoms with van der Waals surface area (Å²) >= 11 is 0. The van der Waals surface area contributed by atoms with Gasteiger partial charge in [0.15, 0.2) is 0 Å². The molecule has 0 rings (SSSR count). The molecule has 0 saturated heterocycles. The van der Waals surface area contributed by atoms with Crippen LogP contribution in [0.5, 0.6) is 0 Å². The van der Waals surface area contributed by atoms with Crippen molar-refractivity contribution in [3.63, 3.8) is 0 Å². The van der Waals surface area contributed by atoms with Crippen molar-refractivity contribution >= 4 is 15.6 Å². The molecule has 11 heteroatoms. The molecule has 0 fully saturated rings. The predicted octanol–water partition coefficient (Wildman–Crippen LogP) is -1.28. The van der Waals surface area contributed by atoms with Crippen molar-refractivity contribution in [2.24, 2.45) is 0 Å². The van der Waals surface area contributed by atoms with E-state index in [0.717, 1.165) is 0 Å². The fourth-order valence-electron chi connectivity index (χ4n) is 0.288. The summed E-state index contributed by atoms with van der Waals surface area (Å²) in [5, 5.41) is 16.0. The zero-order valence-electron chi connectivity index (χ0n) is 7.37. The van der Waals surface area contributed by atoms with Gasteiger partial charge in [0.1, 0.15) is 0 Å². The Bertz CT molecular complexity index is 235. The molecule has 0 aromatic heterocycles. The van der Waals surface area contributed by atoms with Gasteiger partial charge < -0.3 is 29.8 Å². The molecule has 0 heterocycles. The first-order valence-electron chi connectivity index (χ1n) is 3.31. The van der Waals surface area contributed by atoms with E-state index in [1.165, 1.54) is 12.2 Å². The van der Waals surface area contributed by atoms with Crippen molar-refractivity contribution in [3.05, 3.63) is 12.2 Å². The molecule has 0 amide bonds. The molecule has 0 unspecified atom stereocenters. The minimum Gasteiger partial charge on any atom is -0.392 e.